The number of nitriles is 1. The molecule has 5 nitrogen and oxygen atoms in total. The summed E-state index contributed by atoms with van der Waals surface area (Å²) in [5.74, 6) is -16.0. The number of aromatic nitrogens is 2. The zero-order chi connectivity index (χ0) is 27.5. The maximum atomic E-state index is 14.1. The Bertz CT molecular complexity index is 1410. The molecule has 0 atom stereocenters. The molecule has 1 N–H and O–H groups in total. The van der Waals surface area contributed by atoms with E-state index in [0.717, 1.165) is 13.0 Å². The Kier molecular flexibility index (Phi) is 7.81. The smallest absolute Gasteiger partial charge is 0.417 e. The fourth-order valence-corrected chi connectivity index (χ4v) is 3.20. The average molecular weight is 595 g/mol. The van der Waals surface area contributed by atoms with E-state index >= 15 is 0 Å². The number of rotatable bonds is 3. The molecule has 0 amide bonds. The first-order valence-electron chi connectivity index (χ1n) is 9.01. The Morgan fingerprint density at radius 2 is 1.30 bits per heavy atom. The van der Waals surface area contributed by atoms with Gasteiger partial charge in [-0.05, 0) is 19.1 Å². The van der Waals surface area contributed by atoms with Crippen LogP contribution in [0, 0.1) is 47.3 Å². The summed E-state index contributed by atoms with van der Waals surface area (Å²) in [7, 11) is 0. The van der Waals surface area contributed by atoms with E-state index < -0.39 is 92.3 Å². The zero-order valence-corrected chi connectivity index (χ0v) is 20.7. The van der Waals surface area contributed by atoms with Crippen LogP contribution in [-0.4, -0.2) is 20.7 Å². The summed E-state index contributed by atoms with van der Waals surface area (Å²) >= 11 is 0. The van der Waals surface area contributed by atoms with Crippen molar-refractivity contribution in [3.05, 3.63) is 74.7 Å². The maximum absolute atomic E-state index is 14.1. The molecule has 0 saturated carbocycles. The molecule has 17 heteroatoms. The monoisotopic (exact) mass is 593 g/mol. The van der Waals surface area contributed by atoms with Gasteiger partial charge in [0.05, 0.1) is 22.4 Å². The number of carbonyl (C=O) groups excluding carboxylic acids is 1. The number of halogens is 11. The first-order valence-corrected chi connectivity index (χ1v) is 9.01. The Morgan fingerprint density at radius 1 is 0.892 bits per heavy atom. The molecular formula is C20H6F11N3O2Zn. The Morgan fingerprint density at radius 3 is 1.68 bits per heavy atom. The zero-order valence-electron chi connectivity index (χ0n) is 17.7. The van der Waals surface area contributed by atoms with Crippen molar-refractivity contribution < 1.29 is 77.7 Å². The molecule has 1 aromatic heterocycles. The van der Waals surface area contributed by atoms with Crippen LogP contribution in [0.3, 0.4) is 0 Å². The molecule has 192 valence electrons. The minimum absolute atomic E-state index is 0. The normalized spacial score (nSPS) is 11.8. The van der Waals surface area contributed by atoms with Crippen LogP contribution < -0.4 is 0 Å². The van der Waals surface area contributed by atoms with Gasteiger partial charge in [-0.1, -0.05) is 0 Å². The van der Waals surface area contributed by atoms with Gasteiger partial charge < -0.3 is 5.11 Å². The van der Waals surface area contributed by atoms with Gasteiger partial charge >= 0.3 is 12.4 Å². The van der Waals surface area contributed by atoms with Gasteiger partial charge in [0.1, 0.15) is 17.3 Å². The van der Waals surface area contributed by atoms with Crippen LogP contribution in [-0.2, 0) is 31.8 Å². The standard InChI is InChI=1S/C20H6F11N3O2.Zn/c1-5-10(18(36)34(33-5)16-14(24)12(22)11(21)13(23)15(16)25)17(35)6-2-8(19(26,27)28)7(4-32)9(3-6)20(29,30)31;/h2-3,36H,1H3;. The fourth-order valence-electron chi connectivity index (χ4n) is 3.20. The Balaban J connectivity index is 0.00000481. The number of hydrogen-bond donors (Lipinski definition) is 1. The van der Waals surface area contributed by atoms with Crippen molar-refractivity contribution in [2.24, 2.45) is 0 Å². The fraction of sp³-hybridized carbons (Fsp3) is 0.150. The SMILES string of the molecule is Cc1nn(-c2c(F)c(F)c(F)c(F)c2F)c(O)c1C(=O)c1cc(C(F)(F)F)c(C#N)c(C(F)(F)F)c1.[Zn]. The molecular weight excluding hydrogens is 589 g/mol. The van der Waals surface area contributed by atoms with E-state index in [0.29, 0.717) is 0 Å². The third kappa shape index (κ3) is 4.89. The molecule has 3 rings (SSSR count). The van der Waals surface area contributed by atoms with Crippen LogP contribution in [0.4, 0.5) is 48.3 Å². The predicted octanol–water partition coefficient (Wildman–Crippen LogP) is 5.72. The van der Waals surface area contributed by atoms with Crippen LogP contribution in [0.2, 0.25) is 0 Å². The molecule has 37 heavy (non-hydrogen) atoms. The van der Waals surface area contributed by atoms with E-state index in [1.54, 1.807) is 0 Å². The minimum Gasteiger partial charge on any atom is -0.493 e. The molecule has 0 aliphatic heterocycles. The van der Waals surface area contributed by atoms with Gasteiger partial charge in [0.25, 0.3) is 0 Å². The third-order valence-electron chi connectivity index (χ3n) is 4.78. The van der Waals surface area contributed by atoms with Gasteiger partial charge in [-0.15, -0.1) is 0 Å². The molecule has 2 aromatic carbocycles. The molecule has 0 bridgehead atoms. The number of alkyl halides is 6. The quantitative estimate of drug-likeness (QED) is 0.138. The predicted molar refractivity (Wildman–Crippen MR) is 94.3 cm³/mol. The van der Waals surface area contributed by atoms with Crippen molar-refractivity contribution in [1.29, 1.82) is 5.26 Å². The number of carbonyl (C=O) groups is 1. The van der Waals surface area contributed by atoms with Gasteiger partial charge in [0.2, 0.25) is 11.7 Å². The first-order chi connectivity index (χ1) is 16.4. The van der Waals surface area contributed by atoms with Crippen molar-refractivity contribution in [3.8, 4) is 17.6 Å². The van der Waals surface area contributed by atoms with Crippen LogP contribution in [0.15, 0.2) is 12.1 Å². The van der Waals surface area contributed by atoms with E-state index in [1.165, 1.54) is 0 Å². The van der Waals surface area contributed by atoms with Crippen LogP contribution in [0.5, 0.6) is 5.88 Å². The number of ketones is 1. The van der Waals surface area contributed by atoms with Gasteiger partial charge in [0.15, 0.2) is 29.1 Å². The van der Waals surface area contributed by atoms with Gasteiger partial charge in [0, 0.05) is 25.0 Å². The molecule has 0 unspecified atom stereocenters. The third-order valence-corrected chi connectivity index (χ3v) is 4.78. The molecule has 3 aromatic rings. The molecule has 0 aliphatic rings. The molecule has 0 radical (unpaired) electrons. The number of aromatic hydroxyl groups is 1. The summed E-state index contributed by atoms with van der Waals surface area (Å²) in [6, 6.07) is 0.489. The second-order valence-corrected chi connectivity index (χ2v) is 7.00. The summed E-state index contributed by atoms with van der Waals surface area (Å²) in [5.41, 5.74) is -11.4. The van der Waals surface area contributed by atoms with E-state index in [2.05, 4.69) is 5.10 Å². The van der Waals surface area contributed by atoms with Crippen molar-refractivity contribution in [1.82, 2.24) is 9.78 Å². The van der Waals surface area contributed by atoms with E-state index in [9.17, 15) is 58.2 Å². The molecule has 1 heterocycles. The molecule has 0 aliphatic carbocycles. The minimum atomic E-state index is -5.56. The van der Waals surface area contributed by atoms with Gasteiger partial charge in [-0.3, -0.25) is 4.79 Å². The average Bonchev–Trinajstić information content (AvgIpc) is 3.07. The summed E-state index contributed by atoms with van der Waals surface area (Å²) in [4.78, 5) is 12.8. The number of nitrogens with zero attached hydrogens (tertiary/aromatic N) is 3. The first kappa shape index (κ1) is 29.7. The van der Waals surface area contributed by atoms with Crippen molar-refractivity contribution in [2.75, 3.05) is 0 Å². The molecule has 0 fully saturated rings. The van der Waals surface area contributed by atoms with Crippen molar-refractivity contribution >= 4 is 5.78 Å². The van der Waals surface area contributed by atoms with E-state index in [-0.39, 0.29) is 36.3 Å². The van der Waals surface area contributed by atoms with Gasteiger partial charge in [-0.25, -0.2) is 22.0 Å². The van der Waals surface area contributed by atoms with Crippen LogP contribution in [0.1, 0.15) is 38.3 Å². The van der Waals surface area contributed by atoms with E-state index in [1.807, 2.05) is 0 Å². The summed E-state index contributed by atoms with van der Waals surface area (Å²) in [5, 5.41) is 22.4. The van der Waals surface area contributed by atoms with Crippen LogP contribution >= 0.6 is 0 Å². The summed E-state index contributed by atoms with van der Waals surface area (Å²) in [6.07, 6.45) is -11.1. The second-order valence-electron chi connectivity index (χ2n) is 7.00. The summed E-state index contributed by atoms with van der Waals surface area (Å²) < 4.78 is 148. The number of hydrogen-bond acceptors (Lipinski definition) is 4. The Labute approximate surface area is 210 Å². The van der Waals surface area contributed by atoms with Crippen LogP contribution in [0.25, 0.3) is 5.69 Å². The van der Waals surface area contributed by atoms with Crippen molar-refractivity contribution in [3.63, 3.8) is 0 Å². The molecule has 0 spiro atoms. The second kappa shape index (κ2) is 9.73. The largest absolute Gasteiger partial charge is 0.493 e. The number of benzene rings is 2. The molecule has 0 saturated heterocycles. The van der Waals surface area contributed by atoms with Crippen molar-refractivity contribution in [2.45, 2.75) is 19.3 Å². The maximum Gasteiger partial charge on any atom is 0.417 e. The topological polar surface area (TPSA) is 78.9 Å². The number of aryl methyl sites for hydroxylation is 1. The van der Waals surface area contributed by atoms with E-state index in [4.69, 9.17) is 5.26 Å². The Hall–Kier alpha value is -3.54. The summed E-state index contributed by atoms with van der Waals surface area (Å²) in [6.45, 7) is 0.800. The van der Waals surface area contributed by atoms with Gasteiger partial charge in [-0.2, -0.15) is 41.4 Å².